The minimum atomic E-state index is 0.102. The Balaban J connectivity index is 3.02. The van der Waals surface area contributed by atoms with Crippen LogP contribution in [0.15, 0.2) is 35.5 Å². The van der Waals surface area contributed by atoms with Crippen molar-refractivity contribution in [3.05, 3.63) is 46.1 Å². The molecular weight excluding hydrogens is 291 g/mol. The first-order valence-electron chi connectivity index (χ1n) is 6.88. The minimum Gasteiger partial charge on any atom is -0.332 e. The highest BCUT2D eigenvalue weighted by Gasteiger charge is 2.14. The first kappa shape index (κ1) is 17.1. The van der Waals surface area contributed by atoms with Crippen molar-refractivity contribution in [1.29, 1.82) is 0 Å². The molecule has 0 spiro atoms. The van der Waals surface area contributed by atoms with Gasteiger partial charge in [0.25, 0.3) is 0 Å². The van der Waals surface area contributed by atoms with Crippen LogP contribution in [0.1, 0.15) is 45.7 Å². The molecule has 4 heteroatoms. The van der Waals surface area contributed by atoms with Crippen LogP contribution in [0.4, 0.5) is 0 Å². The number of rotatable bonds is 6. The van der Waals surface area contributed by atoms with Crippen LogP contribution >= 0.6 is 23.2 Å². The average Bonchev–Trinajstić information content (AvgIpc) is 2.38. The normalized spacial score (nSPS) is 13.6. The summed E-state index contributed by atoms with van der Waals surface area (Å²) in [5, 5.41) is 1.33. The van der Waals surface area contributed by atoms with Crippen LogP contribution in [-0.4, -0.2) is 17.3 Å². The van der Waals surface area contributed by atoms with E-state index in [2.05, 4.69) is 43.7 Å². The number of benzene rings is 1. The van der Waals surface area contributed by atoms with Gasteiger partial charge in [-0.15, -0.1) is 0 Å². The van der Waals surface area contributed by atoms with Crippen molar-refractivity contribution in [3.8, 4) is 0 Å². The van der Waals surface area contributed by atoms with Crippen molar-refractivity contribution >= 4 is 29.5 Å². The molecule has 0 bridgehead atoms. The van der Waals surface area contributed by atoms with Gasteiger partial charge in [0.05, 0.1) is 12.4 Å². The fourth-order valence-corrected chi connectivity index (χ4v) is 2.27. The monoisotopic (exact) mass is 312 g/mol. The molecule has 1 aromatic carbocycles. The Hall–Kier alpha value is -0.990. The Bertz CT molecular complexity index is 481. The lowest BCUT2D eigenvalue weighted by Crippen LogP contribution is -2.20. The van der Waals surface area contributed by atoms with Gasteiger partial charge in [0.15, 0.2) is 0 Å². The Morgan fingerprint density at radius 3 is 2.50 bits per heavy atom. The number of hydrogen-bond donors (Lipinski definition) is 0. The van der Waals surface area contributed by atoms with Crippen LogP contribution in [0.5, 0.6) is 0 Å². The maximum absolute atomic E-state index is 6.29. The van der Waals surface area contributed by atoms with Gasteiger partial charge in [-0.2, -0.15) is 0 Å². The standard InChI is InChI=1S/C16H22Cl2N2/c1-5-6-9-20(11-19-12(2)3)13(4)15-8-7-14(17)10-16(15)18/h6-13H,5H2,1-4H3/b9-6+,19-11?. The molecule has 0 aliphatic carbocycles. The molecular formula is C16H22Cl2N2. The Kier molecular flexibility index (Phi) is 7.11. The van der Waals surface area contributed by atoms with Gasteiger partial charge in [-0.1, -0.05) is 42.3 Å². The summed E-state index contributed by atoms with van der Waals surface area (Å²) in [7, 11) is 0. The lowest BCUT2D eigenvalue weighted by molar-refractivity contribution is 0.451. The molecule has 110 valence electrons. The molecule has 1 unspecified atom stereocenters. The van der Waals surface area contributed by atoms with Crippen molar-refractivity contribution in [2.75, 3.05) is 0 Å². The summed E-state index contributed by atoms with van der Waals surface area (Å²) in [4.78, 5) is 6.52. The highest BCUT2D eigenvalue weighted by Crippen LogP contribution is 2.29. The zero-order chi connectivity index (χ0) is 15.1. The zero-order valence-corrected chi connectivity index (χ0v) is 14.0. The summed E-state index contributed by atoms with van der Waals surface area (Å²) in [6.45, 7) is 8.31. The van der Waals surface area contributed by atoms with E-state index >= 15 is 0 Å². The van der Waals surface area contributed by atoms with E-state index in [4.69, 9.17) is 23.2 Å². The molecule has 0 fully saturated rings. The van der Waals surface area contributed by atoms with Crippen molar-refractivity contribution < 1.29 is 0 Å². The largest absolute Gasteiger partial charge is 0.332 e. The number of hydrogen-bond acceptors (Lipinski definition) is 1. The molecule has 0 amide bonds. The minimum absolute atomic E-state index is 0.102. The van der Waals surface area contributed by atoms with Gasteiger partial charge in [-0.05, 0) is 44.9 Å². The third-order valence-corrected chi connectivity index (χ3v) is 3.43. The van der Waals surface area contributed by atoms with E-state index < -0.39 is 0 Å². The summed E-state index contributed by atoms with van der Waals surface area (Å²) < 4.78 is 0. The summed E-state index contributed by atoms with van der Waals surface area (Å²) in [6, 6.07) is 5.97. The second kappa shape index (κ2) is 8.33. The molecule has 0 aliphatic rings. The lowest BCUT2D eigenvalue weighted by Gasteiger charge is -2.25. The van der Waals surface area contributed by atoms with Crippen molar-refractivity contribution in [2.24, 2.45) is 4.99 Å². The number of halogens is 2. The van der Waals surface area contributed by atoms with Gasteiger partial charge < -0.3 is 4.90 Å². The van der Waals surface area contributed by atoms with Crippen LogP contribution in [0.2, 0.25) is 10.0 Å². The molecule has 20 heavy (non-hydrogen) atoms. The maximum Gasteiger partial charge on any atom is 0.0898 e. The molecule has 0 aromatic heterocycles. The summed E-state index contributed by atoms with van der Waals surface area (Å²) >= 11 is 12.2. The van der Waals surface area contributed by atoms with Crippen molar-refractivity contribution in [3.63, 3.8) is 0 Å². The molecule has 0 radical (unpaired) electrons. The third kappa shape index (κ3) is 5.18. The van der Waals surface area contributed by atoms with Crippen LogP contribution < -0.4 is 0 Å². The van der Waals surface area contributed by atoms with E-state index in [1.54, 1.807) is 6.07 Å². The predicted octanol–water partition coefficient (Wildman–Crippen LogP) is 5.72. The average molecular weight is 313 g/mol. The fraction of sp³-hybridized carbons (Fsp3) is 0.438. The Morgan fingerprint density at radius 1 is 1.25 bits per heavy atom. The lowest BCUT2D eigenvalue weighted by atomic mass is 10.1. The summed E-state index contributed by atoms with van der Waals surface area (Å²) in [6.07, 6.45) is 6.99. The van der Waals surface area contributed by atoms with E-state index in [0.717, 1.165) is 12.0 Å². The maximum atomic E-state index is 6.29. The highest BCUT2D eigenvalue weighted by atomic mass is 35.5. The van der Waals surface area contributed by atoms with Crippen LogP contribution in [0.25, 0.3) is 0 Å². The molecule has 1 atom stereocenters. The second-order valence-corrected chi connectivity index (χ2v) is 5.78. The van der Waals surface area contributed by atoms with E-state index in [1.165, 1.54) is 0 Å². The van der Waals surface area contributed by atoms with Crippen LogP contribution in [-0.2, 0) is 0 Å². The molecule has 2 nitrogen and oxygen atoms in total. The van der Waals surface area contributed by atoms with Gasteiger partial charge >= 0.3 is 0 Å². The van der Waals surface area contributed by atoms with Gasteiger partial charge in [-0.3, -0.25) is 4.99 Å². The van der Waals surface area contributed by atoms with Gasteiger partial charge in [0, 0.05) is 22.3 Å². The first-order chi connectivity index (χ1) is 9.45. The predicted molar refractivity (Wildman–Crippen MR) is 89.8 cm³/mol. The van der Waals surface area contributed by atoms with Gasteiger partial charge in [0.2, 0.25) is 0 Å². The SMILES string of the molecule is CC/C=C/N(C=NC(C)C)C(C)c1ccc(Cl)cc1Cl. The van der Waals surface area contributed by atoms with E-state index in [-0.39, 0.29) is 12.1 Å². The Labute approximate surface area is 132 Å². The molecule has 0 saturated heterocycles. The zero-order valence-electron chi connectivity index (χ0n) is 12.5. The third-order valence-electron chi connectivity index (χ3n) is 2.87. The number of allylic oxidation sites excluding steroid dienone is 1. The summed E-state index contributed by atoms with van der Waals surface area (Å²) in [5.41, 5.74) is 1.03. The number of nitrogens with zero attached hydrogens (tertiary/aromatic N) is 2. The first-order valence-corrected chi connectivity index (χ1v) is 7.63. The molecule has 1 rings (SSSR count). The fourth-order valence-electron chi connectivity index (χ4n) is 1.71. The van der Waals surface area contributed by atoms with E-state index in [9.17, 15) is 0 Å². The second-order valence-electron chi connectivity index (χ2n) is 4.94. The van der Waals surface area contributed by atoms with E-state index in [0.29, 0.717) is 10.0 Å². The topological polar surface area (TPSA) is 15.6 Å². The molecule has 0 aliphatic heterocycles. The number of aliphatic imine (C=N–C) groups is 1. The summed E-state index contributed by atoms with van der Waals surface area (Å²) in [5.74, 6) is 0. The molecule has 1 aromatic rings. The molecule has 0 heterocycles. The Morgan fingerprint density at radius 2 is 1.95 bits per heavy atom. The van der Waals surface area contributed by atoms with Crippen molar-refractivity contribution in [1.82, 2.24) is 4.90 Å². The van der Waals surface area contributed by atoms with Gasteiger partial charge in [0.1, 0.15) is 0 Å². The van der Waals surface area contributed by atoms with Crippen molar-refractivity contribution in [2.45, 2.75) is 46.2 Å². The smallest absolute Gasteiger partial charge is 0.0898 e. The highest BCUT2D eigenvalue weighted by molar-refractivity contribution is 6.35. The van der Waals surface area contributed by atoms with Crippen LogP contribution in [0, 0.1) is 0 Å². The van der Waals surface area contributed by atoms with Gasteiger partial charge in [-0.25, -0.2) is 0 Å². The van der Waals surface area contributed by atoms with E-state index in [1.807, 2.05) is 24.7 Å². The van der Waals surface area contributed by atoms with Crippen LogP contribution in [0.3, 0.4) is 0 Å². The quantitative estimate of drug-likeness (QED) is 0.484. The molecule has 0 N–H and O–H groups in total. The molecule has 0 saturated carbocycles.